The molecule has 20 heavy (non-hydrogen) atoms. The molecule has 7 nitrogen and oxygen atoms in total. The van der Waals surface area contributed by atoms with E-state index in [1.165, 1.54) is 30.6 Å². The molecule has 0 saturated heterocycles. The molecule has 2 aromatic rings. The molecule has 1 aromatic heterocycles. The second-order valence-corrected chi connectivity index (χ2v) is 3.88. The highest BCUT2D eigenvalue weighted by molar-refractivity contribution is 6.08. The number of nitrogens with one attached hydrogen (secondary N) is 1. The molecule has 0 fully saturated rings. The van der Waals surface area contributed by atoms with Gasteiger partial charge in [0.15, 0.2) is 0 Å². The van der Waals surface area contributed by atoms with Crippen molar-refractivity contribution < 1.29 is 24.9 Å². The van der Waals surface area contributed by atoms with E-state index < -0.39 is 17.6 Å². The first-order valence-corrected chi connectivity index (χ1v) is 5.49. The third kappa shape index (κ3) is 2.66. The van der Waals surface area contributed by atoms with E-state index in [9.17, 15) is 14.7 Å². The van der Waals surface area contributed by atoms with Crippen LogP contribution in [0.1, 0.15) is 20.7 Å². The van der Waals surface area contributed by atoms with Gasteiger partial charge in [0.2, 0.25) is 0 Å². The lowest BCUT2D eigenvalue weighted by Gasteiger charge is -2.09. The second-order valence-electron chi connectivity index (χ2n) is 3.88. The molecular formula is C13H10N2O5. The van der Waals surface area contributed by atoms with Gasteiger partial charge in [-0.25, -0.2) is 4.79 Å². The number of aromatic nitrogens is 1. The maximum absolute atomic E-state index is 11.9. The Morgan fingerprint density at radius 1 is 1.10 bits per heavy atom. The molecule has 0 aliphatic rings. The molecule has 0 bridgehead atoms. The van der Waals surface area contributed by atoms with Gasteiger partial charge in [-0.2, -0.15) is 0 Å². The zero-order chi connectivity index (χ0) is 14.7. The fourth-order valence-electron chi connectivity index (χ4n) is 1.58. The summed E-state index contributed by atoms with van der Waals surface area (Å²) >= 11 is 0. The maximum Gasteiger partial charge on any atom is 0.337 e. The summed E-state index contributed by atoms with van der Waals surface area (Å²) < 4.78 is 0. The molecule has 102 valence electrons. The third-order valence-electron chi connectivity index (χ3n) is 2.53. The lowest BCUT2D eigenvalue weighted by molar-refractivity contribution is 0.0698. The average Bonchev–Trinajstić information content (AvgIpc) is 2.38. The van der Waals surface area contributed by atoms with Crippen LogP contribution in [0.2, 0.25) is 0 Å². The van der Waals surface area contributed by atoms with Gasteiger partial charge < -0.3 is 20.6 Å². The van der Waals surface area contributed by atoms with Crippen LogP contribution in [0.5, 0.6) is 11.5 Å². The molecule has 0 spiro atoms. The van der Waals surface area contributed by atoms with Crippen molar-refractivity contribution in [1.82, 2.24) is 4.98 Å². The van der Waals surface area contributed by atoms with Gasteiger partial charge in [-0.1, -0.05) is 0 Å². The van der Waals surface area contributed by atoms with E-state index in [-0.39, 0.29) is 22.6 Å². The topological polar surface area (TPSA) is 120 Å². The van der Waals surface area contributed by atoms with Gasteiger partial charge in [0.05, 0.1) is 23.0 Å². The normalized spacial score (nSPS) is 10.0. The monoisotopic (exact) mass is 274 g/mol. The number of benzene rings is 1. The maximum atomic E-state index is 11.9. The van der Waals surface area contributed by atoms with Crippen LogP contribution in [0, 0.1) is 0 Å². The first-order chi connectivity index (χ1) is 9.49. The van der Waals surface area contributed by atoms with E-state index in [0.717, 1.165) is 6.07 Å². The second kappa shape index (κ2) is 5.27. The van der Waals surface area contributed by atoms with Gasteiger partial charge in [0.1, 0.15) is 11.5 Å². The number of phenols is 2. The molecular weight excluding hydrogens is 264 g/mol. The minimum absolute atomic E-state index is 0.0116. The Balaban J connectivity index is 2.30. The molecule has 0 atom stereocenters. The van der Waals surface area contributed by atoms with Crippen molar-refractivity contribution in [2.75, 3.05) is 5.32 Å². The fraction of sp³-hybridized carbons (Fsp3) is 0. The summed E-state index contributed by atoms with van der Waals surface area (Å²) in [4.78, 5) is 26.7. The molecule has 4 N–H and O–H groups in total. The number of aromatic hydroxyl groups is 2. The van der Waals surface area contributed by atoms with Crippen molar-refractivity contribution in [2.24, 2.45) is 0 Å². The standard InChI is InChI=1S/C13H10N2O5/c16-7-1-2-9(11(17)5-7)12(18)15-10-6-14-4-3-8(10)13(19)20/h1-6,16-17H,(H,15,18)(H,19,20). The number of hydrogen-bond acceptors (Lipinski definition) is 5. The summed E-state index contributed by atoms with van der Waals surface area (Å²) in [6.07, 6.45) is 2.48. The van der Waals surface area contributed by atoms with E-state index in [0.29, 0.717) is 0 Å². The lowest BCUT2D eigenvalue weighted by Crippen LogP contribution is -2.15. The van der Waals surface area contributed by atoms with Crippen LogP contribution < -0.4 is 5.32 Å². The van der Waals surface area contributed by atoms with Crippen molar-refractivity contribution in [3.05, 3.63) is 47.8 Å². The van der Waals surface area contributed by atoms with Crippen LogP contribution in [0.15, 0.2) is 36.7 Å². The number of carboxylic acids is 1. The van der Waals surface area contributed by atoms with E-state index in [1.54, 1.807) is 0 Å². The van der Waals surface area contributed by atoms with Gasteiger partial charge in [-0.3, -0.25) is 9.78 Å². The van der Waals surface area contributed by atoms with Crippen molar-refractivity contribution in [3.8, 4) is 11.5 Å². The zero-order valence-corrected chi connectivity index (χ0v) is 10.1. The molecule has 0 saturated carbocycles. The van der Waals surface area contributed by atoms with Gasteiger partial charge in [-0.05, 0) is 18.2 Å². The summed E-state index contributed by atoms with van der Waals surface area (Å²) in [5, 5.41) is 30.0. The summed E-state index contributed by atoms with van der Waals surface area (Å²) in [5.74, 6) is -2.52. The molecule has 0 radical (unpaired) electrons. The summed E-state index contributed by atoms with van der Waals surface area (Å²) in [5.41, 5.74) is -0.202. The predicted octanol–water partition coefficient (Wildman–Crippen LogP) is 1.44. The largest absolute Gasteiger partial charge is 0.508 e. The predicted molar refractivity (Wildman–Crippen MR) is 68.9 cm³/mol. The number of aromatic carboxylic acids is 1. The Bertz CT molecular complexity index is 684. The first kappa shape index (κ1) is 13.3. The zero-order valence-electron chi connectivity index (χ0n) is 10.1. The Morgan fingerprint density at radius 3 is 2.50 bits per heavy atom. The van der Waals surface area contributed by atoms with Crippen molar-refractivity contribution >= 4 is 17.6 Å². The molecule has 1 amide bonds. The summed E-state index contributed by atoms with van der Waals surface area (Å²) in [6.45, 7) is 0. The number of carboxylic acid groups (broad SMARTS) is 1. The van der Waals surface area contributed by atoms with Crippen molar-refractivity contribution in [2.45, 2.75) is 0 Å². The smallest absolute Gasteiger partial charge is 0.337 e. The number of carbonyl (C=O) groups excluding carboxylic acids is 1. The van der Waals surface area contributed by atoms with Crippen molar-refractivity contribution in [1.29, 1.82) is 0 Å². The number of rotatable bonds is 3. The molecule has 1 heterocycles. The van der Waals surface area contributed by atoms with Gasteiger partial charge in [0.25, 0.3) is 5.91 Å². The lowest BCUT2D eigenvalue weighted by atomic mass is 10.1. The molecule has 2 rings (SSSR count). The minimum Gasteiger partial charge on any atom is -0.508 e. The van der Waals surface area contributed by atoms with E-state index >= 15 is 0 Å². The average molecular weight is 274 g/mol. The number of anilines is 1. The quantitative estimate of drug-likeness (QED) is 0.672. The molecule has 0 aliphatic heterocycles. The third-order valence-corrected chi connectivity index (χ3v) is 2.53. The Kier molecular flexibility index (Phi) is 3.52. The minimum atomic E-state index is -1.21. The fourth-order valence-corrected chi connectivity index (χ4v) is 1.58. The highest BCUT2D eigenvalue weighted by Gasteiger charge is 2.16. The molecule has 7 heteroatoms. The summed E-state index contributed by atoms with van der Waals surface area (Å²) in [7, 11) is 0. The highest BCUT2D eigenvalue weighted by Crippen LogP contribution is 2.24. The number of phenolic OH excluding ortho intramolecular Hbond substituents is 2. The number of nitrogens with zero attached hydrogens (tertiary/aromatic N) is 1. The molecule has 0 unspecified atom stereocenters. The van der Waals surface area contributed by atoms with Gasteiger partial charge >= 0.3 is 5.97 Å². The highest BCUT2D eigenvalue weighted by atomic mass is 16.4. The van der Waals surface area contributed by atoms with Crippen LogP contribution in [0.3, 0.4) is 0 Å². The van der Waals surface area contributed by atoms with Crippen LogP contribution in [0.4, 0.5) is 5.69 Å². The van der Waals surface area contributed by atoms with Crippen molar-refractivity contribution in [3.63, 3.8) is 0 Å². The van der Waals surface area contributed by atoms with Gasteiger partial charge in [-0.15, -0.1) is 0 Å². The number of amides is 1. The van der Waals surface area contributed by atoms with Crippen LogP contribution in [-0.4, -0.2) is 32.2 Å². The number of hydrogen-bond donors (Lipinski definition) is 4. The first-order valence-electron chi connectivity index (χ1n) is 5.49. The van der Waals surface area contributed by atoms with Gasteiger partial charge in [0, 0.05) is 12.3 Å². The Labute approximate surface area is 113 Å². The van der Waals surface area contributed by atoms with E-state index in [1.807, 2.05) is 0 Å². The SMILES string of the molecule is O=C(Nc1cnccc1C(=O)O)c1ccc(O)cc1O. The Morgan fingerprint density at radius 2 is 1.85 bits per heavy atom. The molecule has 0 aliphatic carbocycles. The van der Waals surface area contributed by atoms with E-state index in [2.05, 4.69) is 10.3 Å². The summed E-state index contributed by atoms with van der Waals surface area (Å²) in [6, 6.07) is 4.71. The van der Waals surface area contributed by atoms with Crippen LogP contribution in [0.25, 0.3) is 0 Å². The van der Waals surface area contributed by atoms with Crippen LogP contribution >= 0.6 is 0 Å². The number of pyridine rings is 1. The molecule has 1 aromatic carbocycles. The Hall–Kier alpha value is -3.09. The van der Waals surface area contributed by atoms with Crippen LogP contribution in [-0.2, 0) is 0 Å². The number of carbonyl (C=O) groups is 2. The van der Waals surface area contributed by atoms with E-state index in [4.69, 9.17) is 10.2 Å².